The first-order chi connectivity index (χ1) is 6.49. The highest BCUT2D eigenvalue weighted by molar-refractivity contribution is 5.06. The quantitative estimate of drug-likeness (QED) is 0.755. The lowest BCUT2D eigenvalue weighted by atomic mass is 10.1. The molecule has 0 saturated carbocycles. The Morgan fingerprint density at radius 2 is 2.29 bits per heavy atom. The topological polar surface area (TPSA) is 38.7 Å². The van der Waals surface area contributed by atoms with Crippen molar-refractivity contribution < 1.29 is 14.6 Å². The van der Waals surface area contributed by atoms with Crippen LogP contribution in [0.1, 0.15) is 33.6 Å². The molecule has 1 rings (SSSR count). The third-order valence-electron chi connectivity index (χ3n) is 2.06. The Hall–Kier alpha value is -0.540. The van der Waals surface area contributed by atoms with Crippen LogP contribution in [0, 0.1) is 0 Å². The fourth-order valence-corrected chi connectivity index (χ4v) is 1.27. The van der Waals surface area contributed by atoms with E-state index in [1.54, 1.807) is 6.26 Å². The van der Waals surface area contributed by atoms with Crippen molar-refractivity contribution in [3.8, 4) is 0 Å². The number of hydrogen-bond donors (Lipinski definition) is 1. The maximum Gasteiger partial charge on any atom is 0.102 e. The van der Waals surface area contributed by atoms with Gasteiger partial charge in [-0.2, -0.15) is 0 Å². The number of aliphatic hydroxyl groups excluding tert-OH is 1. The number of hydrogen-bond acceptors (Lipinski definition) is 3. The molecule has 0 aromatic heterocycles. The molecule has 3 nitrogen and oxygen atoms in total. The van der Waals surface area contributed by atoms with Crippen molar-refractivity contribution in [2.24, 2.45) is 0 Å². The minimum Gasteiger partial charge on any atom is -0.501 e. The van der Waals surface area contributed by atoms with Gasteiger partial charge in [-0.05, 0) is 39.2 Å². The third kappa shape index (κ3) is 4.11. The molecule has 0 saturated heterocycles. The average Bonchev–Trinajstić information content (AvgIpc) is 2.14. The van der Waals surface area contributed by atoms with Gasteiger partial charge in [0.25, 0.3) is 0 Å². The maximum absolute atomic E-state index is 9.76. The molecule has 0 bridgehead atoms. The lowest BCUT2D eigenvalue weighted by molar-refractivity contribution is -0.0414. The zero-order chi connectivity index (χ0) is 10.6. The summed E-state index contributed by atoms with van der Waals surface area (Å²) in [5, 5.41) is 9.76. The Morgan fingerprint density at radius 3 is 2.79 bits per heavy atom. The van der Waals surface area contributed by atoms with Gasteiger partial charge in [0.15, 0.2) is 0 Å². The van der Waals surface area contributed by atoms with E-state index in [0.29, 0.717) is 6.61 Å². The second-order valence-corrected chi connectivity index (χ2v) is 4.61. The second-order valence-electron chi connectivity index (χ2n) is 4.61. The Balaban J connectivity index is 2.34. The number of ether oxygens (including phenoxy) is 2. The molecule has 0 radical (unpaired) electrons. The summed E-state index contributed by atoms with van der Waals surface area (Å²) in [6.07, 6.45) is 3.04. The van der Waals surface area contributed by atoms with Gasteiger partial charge in [0.1, 0.15) is 6.10 Å². The van der Waals surface area contributed by atoms with Crippen LogP contribution in [0.2, 0.25) is 0 Å². The highest BCUT2D eigenvalue weighted by Gasteiger charge is 2.18. The van der Waals surface area contributed by atoms with Crippen molar-refractivity contribution in [3.05, 3.63) is 11.8 Å². The minimum atomic E-state index is -0.519. The minimum absolute atomic E-state index is 0.197. The molecule has 1 heterocycles. The molecule has 0 aliphatic carbocycles. The van der Waals surface area contributed by atoms with Crippen LogP contribution in [-0.2, 0) is 9.47 Å². The Morgan fingerprint density at radius 1 is 1.57 bits per heavy atom. The fraction of sp³-hybridized carbons (Fsp3) is 0.818. The summed E-state index contributed by atoms with van der Waals surface area (Å²) in [6, 6.07) is 0. The van der Waals surface area contributed by atoms with Crippen LogP contribution in [0.3, 0.4) is 0 Å². The Bertz CT molecular complexity index is 203. The van der Waals surface area contributed by atoms with E-state index in [1.807, 2.05) is 20.8 Å². The van der Waals surface area contributed by atoms with Crippen LogP contribution >= 0.6 is 0 Å². The number of aliphatic hydroxyl groups is 1. The van der Waals surface area contributed by atoms with Gasteiger partial charge in [-0.1, -0.05) is 0 Å². The predicted molar refractivity (Wildman–Crippen MR) is 55.0 cm³/mol. The lowest BCUT2D eigenvalue weighted by Crippen LogP contribution is -2.28. The zero-order valence-corrected chi connectivity index (χ0v) is 9.25. The maximum atomic E-state index is 9.76. The molecule has 0 amide bonds. The first kappa shape index (κ1) is 11.5. The molecule has 1 aliphatic heterocycles. The average molecular weight is 200 g/mol. The highest BCUT2D eigenvalue weighted by atomic mass is 16.5. The number of rotatable bonds is 3. The first-order valence-electron chi connectivity index (χ1n) is 5.11. The van der Waals surface area contributed by atoms with Crippen LogP contribution < -0.4 is 0 Å². The van der Waals surface area contributed by atoms with E-state index in [1.165, 1.54) is 0 Å². The molecule has 0 fully saturated rings. The molecule has 14 heavy (non-hydrogen) atoms. The molecule has 1 atom stereocenters. The summed E-state index contributed by atoms with van der Waals surface area (Å²) in [6.45, 7) is 7.04. The summed E-state index contributed by atoms with van der Waals surface area (Å²) >= 11 is 0. The van der Waals surface area contributed by atoms with E-state index in [-0.39, 0.29) is 5.60 Å². The van der Waals surface area contributed by atoms with E-state index in [2.05, 4.69) is 0 Å². The molecule has 0 spiro atoms. The Labute approximate surface area is 85.7 Å². The van der Waals surface area contributed by atoms with E-state index >= 15 is 0 Å². The fourth-order valence-electron chi connectivity index (χ4n) is 1.27. The van der Waals surface area contributed by atoms with Crippen molar-refractivity contribution in [1.82, 2.24) is 0 Å². The van der Waals surface area contributed by atoms with Crippen molar-refractivity contribution in [1.29, 1.82) is 0 Å². The van der Waals surface area contributed by atoms with Crippen LogP contribution in [0.25, 0.3) is 0 Å². The van der Waals surface area contributed by atoms with Gasteiger partial charge in [-0.25, -0.2) is 0 Å². The van der Waals surface area contributed by atoms with Crippen LogP contribution in [0.5, 0.6) is 0 Å². The van der Waals surface area contributed by atoms with Gasteiger partial charge in [-0.15, -0.1) is 0 Å². The van der Waals surface area contributed by atoms with E-state index in [0.717, 1.165) is 25.0 Å². The molecule has 3 heteroatoms. The first-order valence-corrected chi connectivity index (χ1v) is 5.11. The van der Waals surface area contributed by atoms with Crippen LogP contribution in [0.4, 0.5) is 0 Å². The smallest absolute Gasteiger partial charge is 0.102 e. The van der Waals surface area contributed by atoms with Gasteiger partial charge < -0.3 is 14.6 Å². The molecular weight excluding hydrogens is 180 g/mol. The van der Waals surface area contributed by atoms with Gasteiger partial charge in [0.05, 0.1) is 25.1 Å². The standard InChI is InChI=1S/C11H20O3/c1-11(2,3)14-8-10(12)9-5-4-6-13-7-9/h7,10,12H,4-6,8H2,1-3H3. The summed E-state index contributed by atoms with van der Waals surface area (Å²) in [5.74, 6) is 0. The predicted octanol–water partition coefficient (Wildman–Crippen LogP) is 1.86. The van der Waals surface area contributed by atoms with Gasteiger partial charge in [0, 0.05) is 0 Å². The highest BCUT2D eigenvalue weighted by Crippen LogP contribution is 2.17. The largest absolute Gasteiger partial charge is 0.501 e. The van der Waals surface area contributed by atoms with Crippen molar-refractivity contribution in [2.75, 3.05) is 13.2 Å². The normalized spacial score (nSPS) is 19.9. The monoisotopic (exact) mass is 200 g/mol. The SMILES string of the molecule is CC(C)(C)OCC(O)C1=COCCC1. The van der Waals surface area contributed by atoms with E-state index < -0.39 is 6.10 Å². The second kappa shape index (κ2) is 4.80. The summed E-state index contributed by atoms with van der Waals surface area (Å²) in [4.78, 5) is 0. The zero-order valence-electron chi connectivity index (χ0n) is 9.25. The van der Waals surface area contributed by atoms with Crippen molar-refractivity contribution in [3.63, 3.8) is 0 Å². The van der Waals surface area contributed by atoms with E-state index in [4.69, 9.17) is 9.47 Å². The summed E-state index contributed by atoms with van der Waals surface area (Å²) < 4.78 is 10.7. The molecule has 82 valence electrons. The van der Waals surface area contributed by atoms with Crippen LogP contribution in [0.15, 0.2) is 11.8 Å². The van der Waals surface area contributed by atoms with Crippen molar-refractivity contribution in [2.45, 2.75) is 45.3 Å². The summed E-state index contributed by atoms with van der Waals surface area (Å²) in [7, 11) is 0. The molecule has 0 aromatic carbocycles. The molecule has 1 aliphatic rings. The van der Waals surface area contributed by atoms with Gasteiger partial charge in [0.2, 0.25) is 0 Å². The Kier molecular flexibility index (Phi) is 3.96. The summed E-state index contributed by atoms with van der Waals surface area (Å²) in [5.41, 5.74) is 0.748. The van der Waals surface area contributed by atoms with Gasteiger partial charge in [-0.3, -0.25) is 0 Å². The molecule has 0 aromatic rings. The van der Waals surface area contributed by atoms with E-state index in [9.17, 15) is 5.11 Å². The van der Waals surface area contributed by atoms with Crippen molar-refractivity contribution >= 4 is 0 Å². The third-order valence-corrected chi connectivity index (χ3v) is 2.06. The molecule has 1 unspecified atom stereocenters. The van der Waals surface area contributed by atoms with Crippen LogP contribution in [-0.4, -0.2) is 30.0 Å². The molecule has 1 N–H and O–H groups in total. The van der Waals surface area contributed by atoms with Gasteiger partial charge >= 0.3 is 0 Å². The lowest BCUT2D eigenvalue weighted by Gasteiger charge is -2.24. The molecular formula is C11H20O3.